The number of rotatable bonds is 3. The van der Waals surface area contributed by atoms with Gasteiger partial charge in [-0.25, -0.2) is 0 Å². The molecule has 0 saturated heterocycles. The molecule has 5 nitrogen and oxygen atoms in total. The molecule has 0 aliphatic rings. The van der Waals surface area contributed by atoms with Crippen molar-refractivity contribution in [2.24, 2.45) is 5.84 Å². The number of pyridine rings is 1. The van der Waals surface area contributed by atoms with Crippen LogP contribution < -0.4 is 16.2 Å². The number of anilines is 2. The van der Waals surface area contributed by atoms with Gasteiger partial charge in [0.1, 0.15) is 0 Å². The molecule has 1 aromatic heterocycles. The summed E-state index contributed by atoms with van der Waals surface area (Å²) in [5.74, 6) is 5.20. The Bertz CT molecular complexity index is 524. The van der Waals surface area contributed by atoms with Gasteiger partial charge in [0.05, 0.1) is 0 Å². The number of nitrogen functional groups attached to an aromatic ring is 1. The van der Waals surface area contributed by atoms with E-state index in [1.165, 1.54) is 0 Å². The number of hydrogen-bond donors (Lipinski definition) is 2. The van der Waals surface area contributed by atoms with E-state index in [9.17, 15) is 4.79 Å². The zero-order chi connectivity index (χ0) is 13.0. The third kappa shape index (κ3) is 2.46. The molecule has 92 valence electrons. The molecule has 0 aliphatic carbocycles. The number of aromatic nitrogens is 1. The van der Waals surface area contributed by atoms with Crippen LogP contribution in [-0.2, 0) is 0 Å². The maximum atomic E-state index is 12.2. The van der Waals surface area contributed by atoms with Gasteiger partial charge in [-0.1, -0.05) is 0 Å². The monoisotopic (exact) mass is 242 g/mol. The number of carbonyl (C=O) groups excluding carboxylic acids is 1. The molecule has 5 heteroatoms. The number of benzene rings is 1. The van der Waals surface area contributed by atoms with Crippen molar-refractivity contribution in [3.8, 4) is 0 Å². The van der Waals surface area contributed by atoms with E-state index < -0.39 is 0 Å². The van der Waals surface area contributed by atoms with Crippen molar-refractivity contribution in [2.75, 3.05) is 17.4 Å². The Kier molecular flexibility index (Phi) is 3.54. The number of nitrogens with two attached hydrogens (primary N) is 1. The zero-order valence-electron chi connectivity index (χ0n) is 10.00. The predicted molar refractivity (Wildman–Crippen MR) is 71.2 cm³/mol. The summed E-state index contributed by atoms with van der Waals surface area (Å²) in [7, 11) is 1.73. The highest BCUT2D eigenvalue weighted by Gasteiger charge is 2.12. The Morgan fingerprint density at radius 2 is 1.78 bits per heavy atom. The molecule has 3 N–H and O–H groups in total. The van der Waals surface area contributed by atoms with Gasteiger partial charge < -0.3 is 10.3 Å². The smallest absolute Gasteiger partial charge is 0.258 e. The second-order valence-corrected chi connectivity index (χ2v) is 3.79. The molecule has 0 fully saturated rings. The summed E-state index contributed by atoms with van der Waals surface area (Å²) in [6, 6.07) is 10.5. The summed E-state index contributed by atoms with van der Waals surface area (Å²) < 4.78 is 0. The Morgan fingerprint density at radius 1 is 1.17 bits per heavy atom. The van der Waals surface area contributed by atoms with Gasteiger partial charge in [0.25, 0.3) is 5.91 Å². The van der Waals surface area contributed by atoms with Crippen molar-refractivity contribution in [2.45, 2.75) is 0 Å². The Labute approximate surface area is 105 Å². The van der Waals surface area contributed by atoms with E-state index in [0.717, 1.165) is 11.4 Å². The summed E-state index contributed by atoms with van der Waals surface area (Å²) in [6.45, 7) is 0. The van der Waals surface area contributed by atoms with Crippen LogP contribution in [0, 0.1) is 0 Å². The van der Waals surface area contributed by atoms with Crippen molar-refractivity contribution in [1.82, 2.24) is 4.98 Å². The lowest BCUT2D eigenvalue weighted by molar-refractivity contribution is 0.0993. The van der Waals surface area contributed by atoms with Crippen LogP contribution in [0.15, 0.2) is 48.8 Å². The van der Waals surface area contributed by atoms with Gasteiger partial charge in [0.2, 0.25) is 0 Å². The van der Waals surface area contributed by atoms with Crippen LogP contribution in [0.4, 0.5) is 11.4 Å². The maximum absolute atomic E-state index is 12.2. The van der Waals surface area contributed by atoms with E-state index in [0.29, 0.717) is 5.56 Å². The van der Waals surface area contributed by atoms with Crippen LogP contribution in [0.25, 0.3) is 0 Å². The summed E-state index contributed by atoms with van der Waals surface area (Å²) >= 11 is 0. The number of carbonyl (C=O) groups is 1. The highest BCUT2D eigenvalue weighted by atomic mass is 16.2. The number of hydrazine groups is 1. The zero-order valence-corrected chi connectivity index (χ0v) is 10.00. The summed E-state index contributed by atoms with van der Waals surface area (Å²) in [4.78, 5) is 17.7. The number of nitrogens with one attached hydrogen (secondary N) is 1. The first-order chi connectivity index (χ1) is 8.72. The van der Waals surface area contributed by atoms with Crippen LogP contribution in [0.3, 0.4) is 0 Å². The second-order valence-electron chi connectivity index (χ2n) is 3.79. The van der Waals surface area contributed by atoms with Gasteiger partial charge in [-0.05, 0) is 36.4 Å². The summed E-state index contributed by atoms with van der Waals surface area (Å²) in [5.41, 5.74) is 4.69. The lowest BCUT2D eigenvalue weighted by atomic mass is 10.2. The fourth-order valence-electron chi connectivity index (χ4n) is 1.59. The van der Waals surface area contributed by atoms with Crippen molar-refractivity contribution in [3.05, 3.63) is 54.4 Å². The van der Waals surface area contributed by atoms with E-state index in [2.05, 4.69) is 10.4 Å². The predicted octanol–water partition coefficient (Wildman–Crippen LogP) is 1.64. The summed E-state index contributed by atoms with van der Waals surface area (Å²) in [5, 5.41) is 0. The largest absolute Gasteiger partial charge is 0.324 e. The lowest BCUT2D eigenvalue weighted by Gasteiger charge is -2.17. The number of hydrogen-bond acceptors (Lipinski definition) is 4. The van der Waals surface area contributed by atoms with E-state index in [4.69, 9.17) is 5.84 Å². The molecular formula is C13H14N4O. The fourth-order valence-corrected chi connectivity index (χ4v) is 1.59. The minimum absolute atomic E-state index is 0.0789. The van der Waals surface area contributed by atoms with E-state index in [-0.39, 0.29) is 5.91 Å². The molecule has 0 atom stereocenters. The quantitative estimate of drug-likeness (QED) is 0.634. The van der Waals surface area contributed by atoms with Gasteiger partial charge >= 0.3 is 0 Å². The lowest BCUT2D eigenvalue weighted by Crippen LogP contribution is -2.26. The normalized spacial score (nSPS) is 9.89. The van der Waals surface area contributed by atoms with Crippen LogP contribution in [0.2, 0.25) is 0 Å². The average Bonchev–Trinajstić information content (AvgIpc) is 2.47. The van der Waals surface area contributed by atoms with Crippen LogP contribution in [-0.4, -0.2) is 17.9 Å². The molecule has 1 aromatic carbocycles. The number of nitrogens with zero attached hydrogens (tertiary/aromatic N) is 2. The summed E-state index contributed by atoms with van der Waals surface area (Å²) in [6.07, 6.45) is 3.31. The van der Waals surface area contributed by atoms with Gasteiger partial charge in [-0.15, -0.1) is 0 Å². The molecule has 2 aromatic rings. The molecule has 0 unspecified atom stereocenters. The van der Waals surface area contributed by atoms with Crippen LogP contribution in [0.5, 0.6) is 0 Å². The molecule has 18 heavy (non-hydrogen) atoms. The average molecular weight is 242 g/mol. The highest BCUT2D eigenvalue weighted by molar-refractivity contribution is 6.05. The Hall–Kier alpha value is -2.40. The molecule has 0 spiro atoms. The van der Waals surface area contributed by atoms with Crippen molar-refractivity contribution >= 4 is 17.3 Å². The van der Waals surface area contributed by atoms with Crippen LogP contribution in [0.1, 0.15) is 10.4 Å². The third-order valence-electron chi connectivity index (χ3n) is 2.65. The highest BCUT2D eigenvalue weighted by Crippen LogP contribution is 2.15. The standard InChI is InChI=1S/C13H14N4O/c1-17(12-6-8-15-9-7-12)13(18)10-2-4-11(16-14)5-3-10/h2-9,16H,14H2,1H3. The second kappa shape index (κ2) is 5.29. The van der Waals surface area contributed by atoms with Gasteiger partial charge in [0, 0.05) is 36.4 Å². The SMILES string of the molecule is CN(C(=O)c1ccc(NN)cc1)c1ccncc1. The molecular weight excluding hydrogens is 228 g/mol. The van der Waals surface area contributed by atoms with Crippen molar-refractivity contribution < 1.29 is 4.79 Å². The van der Waals surface area contributed by atoms with E-state index in [1.807, 2.05) is 0 Å². The van der Waals surface area contributed by atoms with Gasteiger partial charge in [0.15, 0.2) is 0 Å². The minimum Gasteiger partial charge on any atom is -0.324 e. The topological polar surface area (TPSA) is 71.2 Å². The fraction of sp³-hybridized carbons (Fsp3) is 0.0769. The molecule has 2 rings (SSSR count). The number of amides is 1. The molecule has 0 saturated carbocycles. The molecule has 0 radical (unpaired) electrons. The Morgan fingerprint density at radius 3 is 2.33 bits per heavy atom. The van der Waals surface area contributed by atoms with Gasteiger partial charge in [-0.3, -0.25) is 15.6 Å². The Balaban J connectivity index is 2.20. The molecule has 1 heterocycles. The van der Waals surface area contributed by atoms with Crippen LogP contribution >= 0.6 is 0 Å². The third-order valence-corrected chi connectivity index (χ3v) is 2.65. The first-order valence-electron chi connectivity index (χ1n) is 5.47. The molecule has 0 bridgehead atoms. The maximum Gasteiger partial charge on any atom is 0.258 e. The first kappa shape index (κ1) is 12.1. The molecule has 0 aliphatic heterocycles. The van der Waals surface area contributed by atoms with Gasteiger partial charge in [-0.2, -0.15) is 0 Å². The van der Waals surface area contributed by atoms with Crippen molar-refractivity contribution in [1.29, 1.82) is 0 Å². The van der Waals surface area contributed by atoms with E-state index >= 15 is 0 Å². The first-order valence-corrected chi connectivity index (χ1v) is 5.47. The van der Waals surface area contributed by atoms with Crippen molar-refractivity contribution in [3.63, 3.8) is 0 Å². The van der Waals surface area contributed by atoms with E-state index in [1.54, 1.807) is 60.7 Å². The minimum atomic E-state index is -0.0789. The molecule has 1 amide bonds.